The molecule has 0 saturated heterocycles. The fourth-order valence-corrected chi connectivity index (χ4v) is 2.86. The van der Waals surface area contributed by atoms with Gasteiger partial charge in [-0.15, -0.1) is 0 Å². The van der Waals surface area contributed by atoms with Gasteiger partial charge in [-0.3, -0.25) is 10.3 Å². The van der Waals surface area contributed by atoms with Crippen molar-refractivity contribution in [1.29, 1.82) is 0 Å². The van der Waals surface area contributed by atoms with Gasteiger partial charge in [0.05, 0.1) is 5.56 Å². The number of aromatic nitrogens is 1. The van der Waals surface area contributed by atoms with Crippen LogP contribution >= 0.6 is 0 Å². The molecule has 3 aromatic rings. The number of benzene rings is 2. The van der Waals surface area contributed by atoms with E-state index in [-0.39, 0.29) is 11.3 Å². The van der Waals surface area contributed by atoms with Crippen LogP contribution in [0.4, 0.5) is 23.7 Å². The SMILES string of the molecule is Cc1ccc(NC(=O)OC(C)c2ccc(-c3cccnc3)cc2)cc1C(F)(F)F. The summed E-state index contributed by atoms with van der Waals surface area (Å²) in [5.74, 6) is 0. The molecule has 0 aliphatic rings. The summed E-state index contributed by atoms with van der Waals surface area (Å²) in [6.07, 6.45) is -2.46. The van der Waals surface area contributed by atoms with Crippen LogP contribution in [0.2, 0.25) is 0 Å². The first-order valence-electron chi connectivity index (χ1n) is 8.90. The molecule has 0 bridgehead atoms. The molecular formula is C22H19F3N2O2. The normalized spacial score (nSPS) is 12.3. The molecule has 3 rings (SSSR count). The number of alkyl halides is 3. The fourth-order valence-electron chi connectivity index (χ4n) is 2.86. The van der Waals surface area contributed by atoms with Crippen molar-refractivity contribution in [1.82, 2.24) is 4.98 Å². The smallest absolute Gasteiger partial charge is 0.416 e. The molecule has 1 unspecified atom stereocenters. The molecule has 1 aromatic heterocycles. The topological polar surface area (TPSA) is 51.2 Å². The molecule has 7 heteroatoms. The van der Waals surface area contributed by atoms with Crippen LogP contribution in [0.25, 0.3) is 11.1 Å². The monoisotopic (exact) mass is 400 g/mol. The number of halogens is 3. The lowest BCUT2D eigenvalue weighted by Gasteiger charge is -2.16. The van der Waals surface area contributed by atoms with Crippen molar-refractivity contribution in [3.8, 4) is 11.1 Å². The van der Waals surface area contributed by atoms with Gasteiger partial charge in [0.15, 0.2) is 0 Å². The summed E-state index contributed by atoms with van der Waals surface area (Å²) in [5, 5.41) is 2.35. The number of hydrogen-bond donors (Lipinski definition) is 1. The quantitative estimate of drug-likeness (QED) is 0.552. The standard InChI is InChI=1S/C22H19F3N2O2/c1-14-5-10-19(12-20(14)22(23,24)25)27-21(28)29-15(2)16-6-8-17(9-7-16)18-4-3-11-26-13-18/h3-13,15H,1-2H3,(H,27,28). The predicted octanol–water partition coefficient (Wildman–Crippen LogP) is 6.39. The molecule has 0 fully saturated rings. The van der Waals surface area contributed by atoms with Crippen LogP contribution in [0.3, 0.4) is 0 Å². The summed E-state index contributed by atoms with van der Waals surface area (Å²) in [6, 6.07) is 14.8. The third-order valence-corrected chi connectivity index (χ3v) is 4.45. The van der Waals surface area contributed by atoms with Crippen molar-refractivity contribution in [3.63, 3.8) is 0 Å². The number of carbonyl (C=O) groups excluding carboxylic acids is 1. The molecule has 1 amide bonds. The molecule has 29 heavy (non-hydrogen) atoms. The Bertz CT molecular complexity index is 987. The van der Waals surface area contributed by atoms with Gasteiger partial charge in [-0.2, -0.15) is 13.2 Å². The Balaban J connectivity index is 1.65. The number of anilines is 1. The molecule has 150 valence electrons. The van der Waals surface area contributed by atoms with Crippen LogP contribution < -0.4 is 5.32 Å². The van der Waals surface area contributed by atoms with Crippen molar-refractivity contribution in [2.75, 3.05) is 5.32 Å². The van der Waals surface area contributed by atoms with Gasteiger partial charge in [-0.05, 0) is 54.3 Å². The number of aryl methyl sites for hydroxylation is 1. The van der Waals surface area contributed by atoms with E-state index >= 15 is 0 Å². The van der Waals surface area contributed by atoms with E-state index in [1.54, 1.807) is 19.3 Å². The lowest BCUT2D eigenvalue weighted by Crippen LogP contribution is -2.17. The molecule has 0 saturated carbocycles. The van der Waals surface area contributed by atoms with Crippen molar-refractivity contribution in [2.24, 2.45) is 0 Å². The maximum atomic E-state index is 13.0. The Morgan fingerprint density at radius 1 is 1.07 bits per heavy atom. The van der Waals surface area contributed by atoms with E-state index in [9.17, 15) is 18.0 Å². The fraction of sp³-hybridized carbons (Fsp3) is 0.182. The summed E-state index contributed by atoms with van der Waals surface area (Å²) in [7, 11) is 0. The maximum absolute atomic E-state index is 13.0. The van der Waals surface area contributed by atoms with E-state index in [0.29, 0.717) is 0 Å². The first-order valence-corrected chi connectivity index (χ1v) is 8.90. The highest BCUT2D eigenvalue weighted by molar-refractivity contribution is 5.85. The first kappa shape index (κ1) is 20.4. The Morgan fingerprint density at radius 3 is 2.41 bits per heavy atom. The summed E-state index contributed by atoms with van der Waals surface area (Å²) >= 11 is 0. The van der Waals surface area contributed by atoms with Gasteiger partial charge in [0.25, 0.3) is 0 Å². The van der Waals surface area contributed by atoms with Crippen LogP contribution in [0, 0.1) is 6.92 Å². The molecule has 0 spiro atoms. The average Bonchev–Trinajstić information content (AvgIpc) is 2.69. The van der Waals surface area contributed by atoms with Crippen molar-refractivity contribution in [3.05, 3.63) is 83.7 Å². The molecule has 1 N–H and O–H groups in total. The van der Waals surface area contributed by atoms with Gasteiger partial charge in [-0.1, -0.05) is 36.4 Å². The van der Waals surface area contributed by atoms with E-state index in [2.05, 4.69) is 10.3 Å². The van der Waals surface area contributed by atoms with Gasteiger partial charge in [-0.25, -0.2) is 4.79 Å². The van der Waals surface area contributed by atoms with E-state index < -0.39 is 23.9 Å². The Morgan fingerprint density at radius 2 is 1.79 bits per heavy atom. The lowest BCUT2D eigenvalue weighted by atomic mass is 10.0. The van der Waals surface area contributed by atoms with Gasteiger partial charge in [0, 0.05) is 18.1 Å². The van der Waals surface area contributed by atoms with Crippen LogP contribution in [-0.2, 0) is 10.9 Å². The summed E-state index contributed by atoms with van der Waals surface area (Å²) in [4.78, 5) is 16.2. The minimum atomic E-state index is -4.49. The number of pyridine rings is 1. The molecule has 1 heterocycles. The average molecular weight is 400 g/mol. The summed E-state index contributed by atoms with van der Waals surface area (Å²) < 4.78 is 44.3. The zero-order valence-electron chi connectivity index (χ0n) is 15.8. The van der Waals surface area contributed by atoms with Crippen LogP contribution in [0.5, 0.6) is 0 Å². The van der Waals surface area contributed by atoms with Gasteiger partial charge in [0.1, 0.15) is 6.10 Å². The molecule has 0 radical (unpaired) electrons. The van der Waals surface area contributed by atoms with E-state index in [4.69, 9.17) is 4.74 Å². The van der Waals surface area contributed by atoms with Crippen molar-refractivity contribution < 1.29 is 22.7 Å². The Hall–Kier alpha value is -3.35. The highest BCUT2D eigenvalue weighted by atomic mass is 19.4. The Kier molecular flexibility index (Phi) is 5.87. The van der Waals surface area contributed by atoms with Crippen LogP contribution in [-0.4, -0.2) is 11.1 Å². The maximum Gasteiger partial charge on any atom is 0.416 e. The number of ether oxygens (including phenoxy) is 1. The van der Waals surface area contributed by atoms with Gasteiger partial charge < -0.3 is 4.74 Å². The molecule has 0 aliphatic carbocycles. The second kappa shape index (κ2) is 8.34. The lowest BCUT2D eigenvalue weighted by molar-refractivity contribution is -0.138. The zero-order valence-corrected chi connectivity index (χ0v) is 15.8. The summed E-state index contributed by atoms with van der Waals surface area (Å²) in [5.41, 5.74) is 2.00. The van der Waals surface area contributed by atoms with Crippen LogP contribution in [0.1, 0.15) is 29.7 Å². The first-order chi connectivity index (χ1) is 13.7. The molecule has 0 aliphatic heterocycles. The number of carbonyl (C=O) groups is 1. The number of nitrogens with one attached hydrogen (secondary N) is 1. The number of nitrogens with zero attached hydrogens (tertiary/aromatic N) is 1. The van der Waals surface area contributed by atoms with Crippen LogP contribution in [0.15, 0.2) is 67.0 Å². The molecule has 2 aromatic carbocycles. The van der Waals surface area contributed by atoms with Crippen molar-refractivity contribution in [2.45, 2.75) is 26.1 Å². The zero-order chi connectivity index (χ0) is 21.0. The second-order valence-electron chi connectivity index (χ2n) is 6.56. The van der Waals surface area contributed by atoms with Crippen molar-refractivity contribution >= 4 is 11.8 Å². The number of hydrogen-bond acceptors (Lipinski definition) is 3. The van der Waals surface area contributed by atoms with Gasteiger partial charge in [0.2, 0.25) is 0 Å². The minimum Gasteiger partial charge on any atom is -0.441 e. The predicted molar refractivity (Wildman–Crippen MR) is 104 cm³/mol. The highest BCUT2D eigenvalue weighted by Crippen LogP contribution is 2.33. The third-order valence-electron chi connectivity index (χ3n) is 4.45. The molecule has 1 atom stereocenters. The Labute approximate surface area is 166 Å². The van der Waals surface area contributed by atoms with E-state index in [1.807, 2.05) is 36.4 Å². The number of amides is 1. The number of rotatable bonds is 4. The van der Waals surface area contributed by atoms with E-state index in [0.717, 1.165) is 22.8 Å². The summed E-state index contributed by atoms with van der Waals surface area (Å²) in [6.45, 7) is 3.05. The second-order valence-corrected chi connectivity index (χ2v) is 6.56. The minimum absolute atomic E-state index is 0.0204. The largest absolute Gasteiger partial charge is 0.441 e. The highest BCUT2D eigenvalue weighted by Gasteiger charge is 2.32. The third kappa shape index (κ3) is 5.13. The van der Waals surface area contributed by atoms with Gasteiger partial charge >= 0.3 is 12.3 Å². The van der Waals surface area contributed by atoms with E-state index in [1.165, 1.54) is 19.1 Å². The molecular weight excluding hydrogens is 381 g/mol. The molecule has 4 nitrogen and oxygen atoms in total.